The molecule has 2 atom stereocenters. The first-order valence-electron chi connectivity index (χ1n) is 9.40. The van der Waals surface area contributed by atoms with Gasteiger partial charge in [-0.05, 0) is 17.2 Å². The van der Waals surface area contributed by atoms with Crippen molar-refractivity contribution in [2.75, 3.05) is 7.11 Å². The number of nitrogens with zero attached hydrogens (tertiary/aromatic N) is 5. The van der Waals surface area contributed by atoms with Crippen LogP contribution in [0.4, 0.5) is 8.78 Å². The van der Waals surface area contributed by atoms with Crippen LogP contribution in [0.3, 0.4) is 0 Å². The SMILES string of the molecule is COc1c(C(=O)O)nc(C(C)C(c2cnn(C(F)F)c2)c2ccccc2C#N)n(C)c1=O. The number of alkyl halides is 2. The molecule has 1 aromatic carbocycles. The van der Waals surface area contributed by atoms with Crippen molar-refractivity contribution in [3.63, 3.8) is 0 Å². The van der Waals surface area contributed by atoms with Crippen molar-refractivity contribution < 1.29 is 23.4 Å². The number of aromatic nitrogens is 4. The molecule has 0 aliphatic rings. The highest BCUT2D eigenvalue weighted by Crippen LogP contribution is 2.39. The van der Waals surface area contributed by atoms with Crippen molar-refractivity contribution in [3.05, 3.63) is 75.2 Å². The Hall–Kier alpha value is -4.07. The molecule has 2 unspecified atom stereocenters. The number of carbonyl (C=O) groups is 1. The van der Waals surface area contributed by atoms with Crippen molar-refractivity contribution >= 4 is 5.97 Å². The molecule has 3 aromatic rings. The first-order valence-corrected chi connectivity index (χ1v) is 9.40. The third kappa shape index (κ3) is 3.94. The average molecular weight is 443 g/mol. The van der Waals surface area contributed by atoms with Crippen molar-refractivity contribution in [2.24, 2.45) is 7.05 Å². The first-order chi connectivity index (χ1) is 15.2. The van der Waals surface area contributed by atoms with Gasteiger partial charge in [0.1, 0.15) is 5.82 Å². The zero-order valence-electron chi connectivity index (χ0n) is 17.4. The standard InChI is InChI=1S/C21H19F2N5O4/c1-11(18-26-16(20(30)31)17(32-3)19(29)27(18)2)15(13-9-25-28(10-13)21(22)23)14-7-5-4-6-12(14)8-24/h4-7,9-11,15,21H,1-3H3,(H,30,31). The largest absolute Gasteiger partial charge is 0.489 e. The van der Waals surface area contributed by atoms with E-state index in [0.717, 1.165) is 10.8 Å². The zero-order valence-corrected chi connectivity index (χ0v) is 17.4. The van der Waals surface area contributed by atoms with Gasteiger partial charge in [-0.15, -0.1) is 0 Å². The minimum Gasteiger partial charge on any atom is -0.489 e. The molecule has 0 aliphatic carbocycles. The molecule has 11 heteroatoms. The van der Waals surface area contributed by atoms with Gasteiger partial charge in [-0.25, -0.2) is 14.5 Å². The topological polar surface area (TPSA) is 123 Å². The van der Waals surface area contributed by atoms with Gasteiger partial charge in [-0.2, -0.15) is 19.1 Å². The Labute approximate surface area is 181 Å². The Bertz CT molecular complexity index is 1260. The van der Waals surface area contributed by atoms with Crippen LogP contribution in [0.15, 0.2) is 41.5 Å². The Morgan fingerprint density at radius 2 is 2.00 bits per heavy atom. The summed E-state index contributed by atoms with van der Waals surface area (Å²) in [5, 5.41) is 22.8. The predicted molar refractivity (Wildman–Crippen MR) is 108 cm³/mol. The molecule has 0 amide bonds. The van der Waals surface area contributed by atoms with E-state index in [0.29, 0.717) is 21.4 Å². The van der Waals surface area contributed by atoms with Gasteiger partial charge in [-0.3, -0.25) is 9.36 Å². The second-order valence-corrected chi connectivity index (χ2v) is 7.02. The van der Waals surface area contributed by atoms with Gasteiger partial charge in [0.2, 0.25) is 5.75 Å². The highest BCUT2D eigenvalue weighted by Gasteiger charge is 2.32. The van der Waals surface area contributed by atoms with Crippen molar-refractivity contribution in [1.29, 1.82) is 5.26 Å². The minimum absolute atomic E-state index is 0.0794. The highest BCUT2D eigenvalue weighted by molar-refractivity contribution is 5.88. The Balaban J connectivity index is 2.27. The van der Waals surface area contributed by atoms with Crippen molar-refractivity contribution in [2.45, 2.75) is 25.3 Å². The molecule has 9 nitrogen and oxygen atoms in total. The lowest BCUT2D eigenvalue weighted by Gasteiger charge is -2.26. The molecule has 0 saturated carbocycles. The van der Waals surface area contributed by atoms with Gasteiger partial charge in [0.05, 0.1) is 24.9 Å². The van der Waals surface area contributed by atoms with E-state index < -0.39 is 41.4 Å². The lowest BCUT2D eigenvalue weighted by molar-refractivity contribution is 0.0564. The summed E-state index contributed by atoms with van der Waals surface area (Å²) in [4.78, 5) is 28.6. The molecule has 166 valence electrons. The van der Waals surface area contributed by atoms with E-state index in [1.807, 2.05) is 0 Å². The summed E-state index contributed by atoms with van der Waals surface area (Å²) in [5.74, 6) is -3.23. The van der Waals surface area contributed by atoms with Gasteiger partial charge in [0, 0.05) is 25.1 Å². The third-order valence-corrected chi connectivity index (χ3v) is 5.19. The summed E-state index contributed by atoms with van der Waals surface area (Å²) in [6.45, 7) is -1.20. The summed E-state index contributed by atoms with van der Waals surface area (Å²) in [6, 6.07) is 8.68. The second-order valence-electron chi connectivity index (χ2n) is 7.02. The number of aromatic carboxylic acids is 1. The summed E-state index contributed by atoms with van der Waals surface area (Å²) >= 11 is 0. The molecule has 3 rings (SSSR count). The summed E-state index contributed by atoms with van der Waals surface area (Å²) in [5.41, 5.74) is -0.128. The Morgan fingerprint density at radius 1 is 1.31 bits per heavy atom. The highest BCUT2D eigenvalue weighted by atomic mass is 19.3. The quantitative estimate of drug-likeness (QED) is 0.596. The molecule has 0 radical (unpaired) electrons. The van der Waals surface area contributed by atoms with E-state index in [2.05, 4.69) is 16.2 Å². The molecule has 1 N–H and O–H groups in total. The molecular weight excluding hydrogens is 424 g/mol. The summed E-state index contributed by atoms with van der Waals surface area (Å²) < 4.78 is 32.9. The zero-order chi connectivity index (χ0) is 23.6. The molecule has 0 fully saturated rings. The van der Waals surface area contributed by atoms with Gasteiger partial charge < -0.3 is 9.84 Å². The Kier molecular flexibility index (Phi) is 6.34. The number of hydrogen-bond acceptors (Lipinski definition) is 6. The molecule has 0 bridgehead atoms. The number of carboxylic acids is 1. The van der Waals surface area contributed by atoms with Gasteiger partial charge in [0.25, 0.3) is 5.56 Å². The van der Waals surface area contributed by atoms with Crippen molar-refractivity contribution in [1.82, 2.24) is 19.3 Å². The van der Waals surface area contributed by atoms with Crippen LogP contribution >= 0.6 is 0 Å². The predicted octanol–water partition coefficient (Wildman–Crippen LogP) is 2.89. The van der Waals surface area contributed by atoms with E-state index in [1.54, 1.807) is 31.2 Å². The van der Waals surface area contributed by atoms with Gasteiger partial charge >= 0.3 is 12.5 Å². The number of methoxy groups -OCH3 is 1. The molecule has 0 spiro atoms. The number of nitriles is 1. The fourth-order valence-electron chi connectivity index (χ4n) is 3.71. The maximum absolute atomic E-state index is 13.2. The lowest BCUT2D eigenvalue weighted by Crippen LogP contribution is -2.29. The number of halogens is 2. The summed E-state index contributed by atoms with van der Waals surface area (Å²) in [6.07, 6.45) is 2.40. The van der Waals surface area contributed by atoms with E-state index in [1.165, 1.54) is 20.4 Å². The number of carboxylic acid groups (broad SMARTS) is 1. The van der Waals surface area contributed by atoms with E-state index in [9.17, 15) is 28.7 Å². The van der Waals surface area contributed by atoms with Gasteiger partial charge in [0.15, 0.2) is 5.69 Å². The van der Waals surface area contributed by atoms with E-state index >= 15 is 0 Å². The van der Waals surface area contributed by atoms with Crippen LogP contribution in [0.1, 0.15) is 58.3 Å². The number of hydrogen-bond donors (Lipinski definition) is 1. The number of rotatable bonds is 7. The molecule has 0 saturated heterocycles. The number of ether oxygens (including phenoxy) is 1. The average Bonchev–Trinajstić information content (AvgIpc) is 3.25. The second kappa shape index (κ2) is 8.97. The number of benzene rings is 1. The fourth-order valence-corrected chi connectivity index (χ4v) is 3.71. The van der Waals surface area contributed by atoms with Crippen LogP contribution in [-0.4, -0.2) is 37.5 Å². The molecule has 0 aliphatic heterocycles. The van der Waals surface area contributed by atoms with Crippen LogP contribution < -0.4 is 10.3 Å². The maximum Gasteiger partial charge on any atom is 0.358 e. The molecule has 32 heavy (non-hydrogen) atoms. The fraction of sp³-hybridized carbons (Fsp3) is 0.286. The summed E-state index contributed by atoms with van der Waals surface area (Å²) in [7, 11) is 2.57. The van der Waals surface area contributed by atoms with E-state index in [-0.39, 0.29) is 5.82 Å². The van der Waals surface area contributed by atoms with E-state index in [4.69, 9.17) is 4.74 Å². The lowest BCUT2D eigenvalue weighted by atomic mass is 9.80. The normalized spacial score (nSPS) is 12.9. The third-order valence-electron chi connectivity index (χ3n) is 5.19. The van der Waals surface area contributed by atoms with Crippen LogP contribution in [-0.2, 0) is 7.05 Å². The first kappa shape index (κ1) is 22.6. The maximum atomic E-state index is 13.2. The smallest absolute Gasteiger partial charge is 0.358 e. The molecular formula is C21H19F2N5O4. The van der Waals surface area contributed by atoms with Crippen LogP contribution in [0.2, 0.25) is 0 Å². The minimum atomic E-state index is -2.87. The monoisotopic (exact) mass is 443 g/mol. The Morgan fingerprint density at radius 3 is 2.56 bits per heavy atom. The molecule has 2 heterocycles. The van der Waals surface area contributed by atoms with Crippen LogP contribution in [0, 0.1) is 11.3 Å². The van der Waals surface area contributed by atoms with Gasteiger partial charge in [-0.1, -0.05) is 25.1 Å². The van der Waals surface area contributed by atoms with Crippen LogP contribution in [0.25, 0.3) is 0 Å². The van der Waals surface area contributed by atoms with Crippen LogP contribution in [0.5, 0.6) is 5.75 Å². The molecule has 2 aromatic heterocycles. The van der Waals surface area contributed by atoms with Crippen molar-refractivity contribution in [3.8, 4) is 11.8 Å².